The van der Waals surface area contributed by atoms with Crippen LogP contribution < -0.4 is 4.90 Å². The Hall–Kier alpha value is -2.06. The maximum absolute atomic E-state index is 12.7. The van der Waals surface area contributed by atoms with E-state index in [2.05, 4.69) is 22.0 Å². The fraction of sp³-hybridized carbons (Fsp3) is 0.250. The fourth-order valence-electron chi connectivity index (χ4n) is 2.12. The number of benzene rings is 1. The molecule has 0 radical (unpaired) electrons. The molecule has 108 valence electrons. The molecule has 21 heavy (non-hydrogen) atoms. The molecule has 5 heteroatoms. The van der Waals surface area contributed by atoms with Crippen molar-refractivity contribution in [2.75, 3.05) is 11.9 Å². The Balaban J connectivity index is 2.37. The van der Waals surface area contributed by atoms with E-state index in [0.717, 1.165) is 4.47 Å². The molecule has 1 amide bonds. The molecule has 2 rings (SSSR count). The number of halogens is 1. The van der Waals surface area contributed by atoms with E-state index in [1.54, 1.807) is 30.1 Å². The number of carbonyl (C=O) groups is 1. The Morgan fingerprint density at radius 1 is 1.38 bits per heavy atom. The predicted octanol–water partition coefficient (Wildman–Crippen LogP) is 3.98. The van der Waals surface area contributed by atoms with Gasteiger partial charge in [-0.2, -0.15) is 5.26 Å². The van der Waals surface area contributed by atoms with Crippen molar-refractivity contribution in [3.05, 3.63) is 52.3 Å². The lowest BCUT2D eigenvalue weighted by Gasteiger charge is -2.20. The van der Waals surface area contributed by atoms with Gasteiger partial charge in [-0.15, -0.1) is 0 Å². The van der Waals surface area contributed by atoms with Crippen LogP contribution in [-0.4, -0.2) is 17.5 Å². The van der Waals surface area contributed by atoms with E-state index < -0.39 is 0 Å². The van der Waals surface area contributed by atoms with Crippen molar-refractivity contribution in [2.45, 2.75) is 19.9 Å². The lowest BCUT2D eigenvalue weighted by atomic mass is 10.2. The van der Waals surface area contributed by atoms with Gasteiger partial charge in [0.15, 0.2) is 0 Å². The summed E-state index contributed by atoms with van der Waals surface area (Å²) in [6, 6.07) is 11.1. The smallest absolute Gasteiger partial charge is 0.274 e. The van der Waals surface area contributed by atoms with Crippen molar-refractivity contribution in [3.8, 4) is 6.07 Å². The van der Waals surface area contributed by atoms with Crippen LogP contribution in [0.1, 0.15) is 35.9 Å². The number of rotatable bonds is 3. The molecule has 0 saturated heterocycles. The summed E-state index contributed by atoms with van der Waals surface area (Å²) < 4.78 is 2.80. The van der Waals surface area contributed by atoms with E-state index in [1.807, 2.05) is 36.7 Å². The van der Waals surface area contributed by atoms with Crippen molar-refractivity contribution in [1.82, 2.24) is 4.57 Å². The molecule has 1 aromatic carbocycles. The Morgan fingerprint density at radius 2 is 2.10 bits per heavy atom. The summed E-state index contributed by atoms with van der Waals surface area (Å²) in [6.45, 7) is 4.05. The summed E-state index contributed by atoms with van der Waals surface area (Å²) in [5, 5.41) is 8.96. The largest absolute Gasteiger partial charge is 0.340 e. The second kappa shape index (κ2) is 6.15. The van der Waals surface area contributed by atoms with Crippen LogP contribution in [0.5, 0.6) is 0 Å². The third-order valence-electron chi connectivity index (χ3n) is 3.26. The third kappa shape index (κ3) is 3.17. The van der Waals surface area contributed by atoms with Gasteiger partial charge in [0.1, 0.15) is 5.69 Å². The van der Waals surface area contributed by atoms with Gasteiger partial charge in [-0.3, -0.25) is 4.79 Å². The molecule has 0 saturated carbocycles. The van der Waals surface area contributed by atoms with E-state index in [1.165, 1.54) is 0 Å². The van der Waals surface area contributed by atoms with Gasteiger partial charge in [0.05, 0.1) is 11.6 Å². The van der Waals surface area contributed by atoms with Crippen LogP contribution in [-0.2, 0) is 0 Å². The monoisotopic (exact) mass is 345 g/mol. The van der Waals surface area contributed by atoms with Crippen molar-refractivity contribution >= 4 is 27.5 Å². The highest BCUT2D eigenvalue weighted by atomic mass is 79.9. The third-order valence-corrected chi connectivity index (χ3v) is 3.69. The van der Waals surface area contributed by atoms with Gasteiger partial charge in [0.25, 0.3) is 5.91 Å². The molecular formula is C16H16BrN3O. The molecule has 0 aliphatic rings. The van der Waals surface area contributed by atoms with E-state index >= 15 is 0 Å². The van der Waals surface area contributed by atoms with Gasteiger partial charge in [-0.1, -0.05) is 6.07 Å². The molecule has 0 N–H and O–H groups in total. The summed E-state index contributed by atoms with van der Waals surface area (Å²) in [7, 11) is 1.71. The van der Waals surface area contributed by atoms with Crippen LogP contribution in [0.25, 0.3) is 0 Å². The lowest BCUT2D eigenvalue weighted by Crippen LogP contribution is -2.28. The Labute approximate surface area is 132 Å². The first kappa shape index (κ1) is 15.3. The Morgan fingerprint density at radius 3 is 2.71 bits per heavy atom. The second-order valence-corrected chi connectivity index (χ2v) is 5.99. The van der Waals surface area contributed by atoms with Gasteiger partial charge in [0, 0.05) is 29.4 Å². The van der Waals surface area contributed by atoms with E-state index in [9.17, 15) is 4.79 Å². The highest BCUT2D eigenvalue weighted by molar-refractivity contribution is 9.10. The first-order valence-electron chi connectivity index (χ1n) is 6.59. The summed E-state index contributed by atoms with van der Waals surface area (Å²) in [5.74, 6) is -0.107. The minimum Gasteiger partial charge on any atom is -0.340 e. The van der Waals surface area contributed by atoms with E-state index in [4.69, 9.17) is 5.26 Å². The minimum atomic E-state index is -0.107. The quantitative estimate of drug-likeness (QED) is 0.844. The maximum atomic E-state index is 12.7. The summed E-state index contributed by atoms with van der Waals surface area (Å²) in [6.07, 6.45) is 1.90. The van der Waals surface area contributed by atoms with Crippen molar-refractivity contribution in [2.24, 2.45) is 0 Å². The molecule has 0 spiro atoms. The lowest BCUT2D eigenvalue weighted by molar-refractivity contribution is 0.0982. The number of hydrogen-bond acceptors (Lipinski definition) is 2. The number of anilines is 1. The standard InChI is InChI=1S/C16H16BrN3O/c1-11(2)20-10-13(17)8-15(20)16(21)19(3)14-6-4-5-12(7-14)9-18/h4-8,10-11H,1-3H3. The number of hydrogen-bond donors (Lipinski definition) is 0. The van der Waals surface area contributed by atoms with Gasteiger partial charge in [-0.25, -0.2) is 0 Å². The molecule has 0 fully saturated rings. The highest BCUT2D eigenvalue weighted by Crippen LogP contribution is 2.23. The van der Waals surface area contributed by atoms with Crippen LogP contribution >= 0.6 is 15.9 Å². The molecule has 2 aromatic rings. The van der Waals surface area contributed by atoms with Crippen molar-refractivity contribution in [3.63, 3.8) is 0 Å². The van der Waals surface area contributed by atoms with Crippen molar-refractivity contribution < 1.29 is 4.79 Å². The summed E-state index contributed by atoms with van der Waals surface area (Å²) >= 11 is 3.41. The minimum absolute atomic E-state index is 0.107. The molecule has 4 nitrogen and oxygen atoms in total. The van der Waals surface area contributed by atoms with Crippen LogP contribution in [0.2, 0.25) is 0 Å². The van der Waals surface area contributed by atoms with Gasteiger partial charge < -0.3 is 9.47 Å². The number of nitrogens with zero attached hydrogens (tertiary/aromatic N) is 3. The van der Waals surface area contributed by atoms with Gasteiger partial charge in [0.2, 0.25) is 0 Å². The van der Waals surface area contributed by atoms with E-state index in [0.29, 0.717) is 16.9 Å². The maximum Gasteiger partial charge on any atom is 0.274 e. The molecule has 1 aromatic heterocycles. The van der Waals surface area contributed by atoms with E-state index in [-0.39, 0.29) is 11.9 Å². The van der Waals surface area contributed by atoms with Gasteiger partial charge in [-0.05, 0) is 54.0 Å². The van der Waals surface area contributed by atoms with Gasteiger partial charge >= 0.3 is 0 Å². The fourth-order valence-corrected chi connectivity index (χ4v) is 2.55. The van der Waals surface area contributed by atoms with Crippen LogP contribution in [0, 0.1) is 11.3 Å². The molecule has 0 bridgehead atoms. The number of amides is 1. The number of aromatic nitrogens is 1. The second-order valence-electron chi connectivity index (χ2n) is 5.07. The van der Waals surface area contributed by atoms with Crippen LogP contribution in [0.3, 0.4) is 0 Å². The Kier molecular flexibility index (Phi) is 4.49. The summed E-state index contributed by atoms with van der Waals surface area (Å²) in [4.78, 5) is 14.2. The number of carbonyl (C=O) groups excluding carboxylic acids is 1. The average Bonchev–Trinajstić information content (AvgIpc) is 2.88. The van der Waals surface area contributed by atoms with Crippen LogP contribution in [0.4, 0.5) is 5.69 Å². The molecule has 0 aliphatic heterocycles. The Bertz CT molecular complexity index is 713. The highest BCUT2D eigenvalue weighted by Gasteiger charge is 2.19. The zero-order valence-corrected chi connectivity index (χ0v) is 13.8. The SMILES string of the molecule is CC(C)n1cc(Br)cc1C(=O)N(C)c1cccc(C#N)c1. The predicted molar refractivity (Wildman–Crippen MR) is 86.4 cm³/mol. The average molecular weight is 346 g/mol. The molecular weight excluding hydrogens is 330 g/mol. The normalized spacial score (nSPS) is 10.5. The summed E-state index contributed by atoms with van der Waals surface area (Å²) in [5.41, 5.74) is 1.85. The zero-order chi connectivity index (χ0) is 15.6. The topological polar surface area (TPSA) is 49.0 Å². The molecule has 0 unspecified atom stereocenters. The molecule has 0 aliphatic carbocycles. The molecule has 0 atom stereocenters. The van der Waals surface area contributed by atoms with Crippen LogP contribution in [0.15, 0.2) is 41.0 Å². The zero-order valence-electron chi connectivity index (χ0n) is 12.2. The molecule has 1 heterocycles. The first-order chi connectivity index (χ1) is 9.93. The first-order valence-corrected chi connectivity index (χ1v) is 7.39. The van der Waals surface area contributed by atoms with Crippen molar-refractivity contribution in [1.29, 1.82) is 5.26 Å². The number of nitriles is 1.